The number of nitrogens with one attached hydrogen (secondary N) is 7. The first-order valence-corrected chi connectivity index (χ1v) is 16.7. The molecule has 49 heavy (non-hydrogen) atoms. The summed E-state index contributed by atoms with van der Waals surface area (Å²) in [6, 6.07) is 1.51. The molecule has 1 fully saturated rings. The molecule has 1 aromatic heterocycles. The maximum Gasteiger partial charge on any atom is 0.243 e. The van der Waals surface area contributed by atoms with Gasteiger partial charge in [0.25, 0.3) is 0 Å². The van der Waals surface area contributed by atoms with Crippen LogP contribution in [0, 0.1) is 17.8 Å². The molecule has 9 N–H and O–H groups in total. The Kier molecular flexibility index (Phi) is 13.7. The fraction of sp³-hybridized carbons (Fsp3) is 0.559. The normalized spacial score (nSPS) is 24.2. The zero-order chi connectivity index (χ0) is 36.4. The summed E-state index contributed by atoms with van der Waals surface area (Å²) in [5.41, 5.74) is 6.92. The van der Waals surface area contributed by atoms with Crippen LogP contribution >= 0.6 is 0 Å². The van der Waals surface area contributed by atoms with Gasteiger partial charge in [0, 0.05) is 23.5 Å². The Hall–Kier alpha value is -4.95. The Bertz CT molecular complexity index is 1540. The molecule has 15 heteroatoms. The molecule has 15 nitrogen and oxygen atoms in total. The van der Waals surface area contributed by atoms with Crippen LogP contribution in [0.5, 0.6) is 0 Å². The number of aromatic nitrogens is 1. The molecule has 2 heterocycles. The van der Waals surface area contributed by atoms with E-state index in [9.17, 15) is 33.6 Å². The minimum absolute atomic E-state index is 0.0380. The van der Waals surface area contributed by atoms with Crippen molar-refractivity contribution >= 4 is 52.3 Å². The number of aromatic amines is 1. The Balaban J connectivity index is 2.04. The van der Waals surface area contributed by atoms with E-state index < -0.39 is 96.4 Å². The Morgan fingerprint density at radius 1 is 0.776 bits per heavy atom. The molecule has 3 unspecified atom stereocenters. The minimum Gasteiger partial charge on any atom is -0.370 e. The lowest BCUT2D eigenvalue weighted by molar-refractivity contribution is -0.137. The molecule has 268 valence electrons. The highest BCUT2D eigenvalue weighted by atomic mass is 16.2. The monoisotopic (exact) mass is 682 g/mol. The summed E-state index contributed by atoms with van der Waals surface area (Å²) in [6.45, 7) is 10.2. The average molecular weight is 683 g/mol. The third-order valence-electron chi connectivity index (χ3n) is 8.59. The van der Waals surface area contributed by atoms with Gasteiger partial charge in [-0.3, -0.25) is 33.6 Å². The zero-order valence-corrected chi connectivity index (χ0v) is 29.0. The van der Waals surface area contributed by atoms with Gasteiger partial charge < -0.3 is 42.6 Å². The molecule has 1 saturated heterocycles. The molecule has 2 aromatic rings. The van der Waals surface area contributed by atoms with Crippen LogP contribution in [0.25, 0.3) is 10.9 Å². The van der Waals surface area contributed by atoms with Gasteiger partial charge in [0.15, 0.2) is 0 Å². The standard InChI is InChI=1S/C34H50N8O7/c1-7-19(6)29-34(49)40-25(14-26(35)43)30(45)37-16-27(44)38-24(13-20-15-36-22-11-9-8-10-21(20)22)31(46)39-23(12-17(2)3)32(47)41-28(18(4)5)33(48)42-29/h8-11,15,17-19,23-25,28-29,36H,7,12-14,16H2,1-6H3,(H2,35,43)(H,37,45)(H,38,44)(H,39,46)(H,40,49)(H,41,47)(H,42,48)/t19?,23-,24-,25?,28+,29?/m0/s1. The number of primary amides is 1. The number of hydrogen-bond donors (Lipinski definition) is 8. The second-order valence-corrected chi connectivity index (χ2v) is 13.4. The first-order chi connectivity index (χ1) is 23.1. The number of nitrogens with two attached hydrogens (primary N) is 1. The minimum atomic E-state index is -1.46. The van der Waals surface area contributed by atoms with Crippen molar-refractivity contribution in [1.82, 2.24) is 36.9 Å². The van der Waals surface area contributed by atoms with Crippen LogP contribution < -0.4 is 37.6 Å². The highest BCUT2D eigenvalue weighted by Gasteiger charge is 2.36. The molecule has 6 atom stereocenters. The van der Waals surface area contributed by atoms with E-state index in [0.29, 0.717) is 6.42 Å². The summed E-state index contributed by atoms with van der Waals surface area (Å²) in [5, 5.41) is 16.6. The number of H-pyrrole nitrogens is 1. The maximum atomic E-state index is 13.9. The van der Waals surface area contributed by atoms with Gasteiger partial charge in [0.05, 0.1) is 13.0 Å². The Labute approximate surface area is 286 Å². The smallest absolute Gasteiger partial charge is 0.243 e. The highest BCUT2D eigenvalue weighted by molar-refractivity contribution is 5.99. The van der Waals surface area contributed by atoms with Crippen LogP contribution in [0.15, 0.2) is 30.5 Å². The lowest BCUT2D eigenvalue weighted by Crippen LogP contribution is -2.62. The molecule has 0 saturated carbocycles. The van der Waals surface area contributed by atoms with E-state index in [1.165, 1.54) is 0 Å². The van der Waals surface area contributed by atoms with E-state index in [1.54, 1.807) is 27.0 Å². The van der Waals surface area contributed by atoms with Gasteiger partial charge in [-0.2, -0.15) is 0 Å². The summed E-state index contributed by atoms with van der Waals surface area (Å²) in [4.78, 5) is 96.2. The van der Waals surface area contributed by atoms with Gasteiger partial charge in [-0.25, -0.2) is 0 Å². The van der Waals surface area contributed by atoms with Gasteiger partial charge in [0.1, 0.15) is 30.2 Å². The van der Waals surface area contributed by atoms with Crippen molar-refractivity contribution in [2.75, 3.05) is 6.54 Å². The lowest BCUT2D eigenvalue weighted by Gasteiger charge is -2.31. The van der Waals surface area contributed by atoms with Crippen LogP contribution in [0.4, 0.5) is 0 Å². The number of para-hydroxylation sites is 1. The van der Waals surface area contributed by atoms with Crippen molar-refractivity contribution in [3.63, 3.8) is 0 Å². The molecular formula is C34H50N8O7. The second kappa shape index (κ2) is 17.4. The van der Waals surface area contributed by atoms with Gasteiger partial charge >= 0.3 is 0 Å². The zero-order valence-electron chi connectivity index (χ0n) is 29.0. The van der Waals surface area contributed by atoms with E-state index in [0.717, 1.165) is 16.5 Å². The Morgan fingerprint density at radius 2 is 1.39 bits per heavy atom. The van der Waals surface area contributed by atoms with E-state index in [1.807, 2.05) is 45.0 Å². The first kappa shape index (κ1) is 38.5. The summed E-state index contributed by atoms with van der Waals surface area (Å²) in [7, 11) is 0. The summed E-state index contributed by atoms with van der Waals surface area (Å²) < 4.78 is 0. The molecule has 0 radical (unpaired) electrons. The van der Waals surface area contributed by atoms with Crippen LogP contribution in [0.1, 0.15) is 66.4 Å². The van der Waals surface area contributed by atoms with Gasteiger partial charge in [-0.1, -0.05) is 66.2 Å². The predicted molar refractivity (Wildman–Crippen MR) is 182 cm³/mol. The largest absolute Gasteiger partial charge is 0.370 e. The van der Waals surface area contributed by atoms with Gasteiger partial charge in [-0.05, 0) is 35.8 Å². The molecule has 0 aliphatic carbocycles. The molecule has 1 aliphatic rings. The molecule has 0 spiro atoms. The van der Waals surface area contributed by atoms with Crippen molar-refractivity contribution < 1.29 is 33.6 Å². The summed E-state index contributed by atoms with van der Waals surface area (Å²) >= 11 is 0. The lowest BCUT2D eigenvalue weighted by atomic mass is 9.95. The SMILES string of the molecule is CCC(C)C1NC(=O)[C@@H](C(C)C)NC(=O)[C@H](CC(C)C)NC(=O)[C@H](Cc2c[nH]c3ccccc23)NC(=O)CNC(=O)C(CC(N)=O)NC1=O. The number of carbonyl (C=O) groups excluding carboxylic acids is 7. The average Bonchev–Trinajstić information content (AvgIpc) is 3.44. The number of fused-ring (bicyclic) bond motifs is 1. The topological polar surface area (TPSA) is 233 Å². The maximum absolute atomic E-state index is 13.9. The van der Waals surface area contributed by atoms with Crippen LogP contribution in [-0.4, -0.2) is 83.1 Å². The van der Waals surface area contributed by atoms with Gasteiger partial charge in [0.2, 0.25) is 41.4 Å². The van der Waals surface area contributed by atoms with Crippen molar-refractivity contribution in [2.24, 2.45) is 23.5 Å². The van der Waals surface area contributed by atoms with E-state index in [-0.39, 0.29) is 18.8 Å². The fourth-order valence-electron chi connectivity index (χ4n) is 5.65. The van der Waals surface area contributed by atoms with Crippen molar-refractivity contribution in [2.45, 2.75) is 97.4 Å². The number of rotatable bonds is 9. The molecule has 3 rings (SSSR count). The third-order valence-corrected chi connectivity index (χ3v) is 8.59. The van der Waals surface area contributed by atoms with Crippen molar-refractivity contribution in [3.05, 3.63) is 36.0 Å². The molecule has 1 aromatic carbocycles. The van der Waals surface area contributed by atoms with Crippen LogP contribution in [-0.2, 0) is 40.0 Å². The van der Waals surface area contributed by atoms with E-state index in [4.69, 9.17) is 5.73 Å². The highest BCUT2D eigenvalue weighted by Crippen LogP contribution is 2.20. The van der Waals surface area contributed by atoms with Crippen molar-refractivity contribution in [1.29, 1.82) is 0 Å². The molecule has 1 aliphatic heterocycles. The quantitative estimate of drug-likeness (QED) is 0.179. The number of benzene rings is 1. The number of carbonyl (C=O) groups is 7. The van der Waals surface area contributed by atoms with Gasteiger partial charge in [-0.15, -0.1) is 0 Å². The first-order valence-electron chi connectivity index (χ1n) is 16.7. The summed E-state index contributed by atoms with van der Waals surface area (Å²) in [6.07, 6.45) is 1.89. The predicted octanol–water partition coefficient (Wildman–Crippen LogP) is -0.112. The molecule has 7 amide bonds. The van der Waals surface area contributed by atoms with Crippen LogP contribution in [0.3, 0.4) is 0 Å². The Morgan fingerprint density at radius 3 is 2.02 bits per heavy atom. The third kappa shape index (κ3) is 10.8. The molecule has 0 bridgehead atoms. The second-order valence-electron chi connectivity index (χ2n) is 13.4. The summed E-state index contributed by atoms with van der Waals surface area (Å²) in [5.74, 6) is -5.98. The van der Waals surface area contributed by atoms with E-state index >= 15 is 0 Å². The number of hydrogen-bond acceptors (Lipinski definition) is 7. The van der Waals surface area contributed by atoms with E-state index in [2.05, 4.69) is 36.9 Å². The van der Waals surface area contributed by atoms with Crippen molar-refractivity contribution in [3.8, 4) is 0 Å². The van der Waals surface area contributed by atoms with Crippen LogP contribution in [0.2, 0.25) is 0 Å². The molecular weight excluding hydrogens is 632 g/mol. The number of amides is 7. The fourth-order valence-corrected chi connectivity index (χ4v) is 5.65.